The summed E-state index contributed by atoms with van der Waals surface area (Å²) in [4.78, 5) is 47.7. The fourth-order valence-electron chi connectivity index (χ4n) is 5.24. The van der Waals surface area contributed by atoms with Crippen LogP contribution in [0.3, 0.4) is 0 Å². The Labute approximate surface area is 236 Å². The van der Waals surface area contributed by atoms with Crippen LogP contribution in [0.15, 0.2) is 36.5 Å². The summed E-state index contributed by atoms with van der Waals surface area (Å²) in [7, 11) is 0. The van der Waals surface area contributed by atoms with Crippen LogP contribution < -0.4 is 15.1 Å². The van der Waals surface area contributed by atoms with Crippen molar-refractivity contribution in [1.29, 1.82) is 0 Å². The van der Waals surface area contributed by atoms with Crippen LogP contribution in [0.4, 0.5) is 21.1 Å². The van der Waals surface area contributed by atoms with E-state index in [4.69, 9.17) is 14.5 Å². The van der Waals surface area contributed by atoms with Crippen molar-refractivity contribution in [1.82, 2.24) is 15.2 Å². The number of anilines is 2. The zero-order valence-electron chi connectivity index (χ0n) is 24.6. The number of nitrogens with one attached hydrogen (secondary N) is 1. The molecule has 2 aliphatic rings. The first-order valence-corrected chi connectivity index (χ1v) is 13.9. The van der Waals surface area contributed by atoms with E-state index in [2.05, 4.69) is 10.2 Å². The SMILES string of the molecule is CC(=O)N1c2ccc(-c3ccc(N4CCN(C(=O)OC(C)(C)C)CC4)nc3)cc2C(NC(=O)OC(C)C)C[C@H]1C. The van der Waals surface area contributed by atoms with Crippen molar-refractivity contribution in [2.75, 3.05) is 36.0 Å². The monoisotopic (exact) mass is 551 g/mol. The zero-order chi connectivity index (χ0) is 29.2. The highest BCUT2D eigenvalue weighted by molar-refractivity contribution is 5.94. The maximum absolute atomic E-state index is 12.5. The summed E-state index contributed by atoms with van der Waals surface area (Å²) >= 11 is 0. The summed E-state index contributed by atoms with van der Waals surface area (Å²) in [6.07, 6.45) is 1.42. The predicted octanol–water partition coefficient (Wildman–Crippen LogP) is 5.13. The molecule has 216 valence electrons. The van der Waals surface area contributed by atoms with Gasteiger partial charge in [0.2, 0.25) is 5.91 Å². The highest BCUT2D eigenvalue weighted by Crippen LogP contribution is 2.39. The average Bonchev–Trinajstić information content (AvgIpc) is 2.87. The standard InChI is InChI=1S/C30H41N5O5/c1-19(2)39-28(37)32-25-16-20(3)35(21(4)36)26-10-8-22(17-24(25)26)23-9-11-27(31-18-23)33-12-14-34(15-13-33)29(38)40-30(5,6)7/h8-11,17-20,25H,12-16H2,1-7H3,(H,32,37)/t20-,25?/m1/s1. The second-order valence-corrected chi connectivity index (χ2v) is 11.8. The molecule has 1 saturated heterocycles. The number of alkyl carbamates (subject to hydrolysis) is 1. The lowest BCUT2D eigenvalue weighted by molar-refractivity contribution is -0.117. The van der Waals surface area contributed by atoms with E-state index in [0.29, 0.717) is 32.6 Å². The number of hydrogen-bond acceptors (Lipinski definition) is 7. The van der Waals surface area contributed by atoms with Crippen molar-refractivity contribution in [2.24, 2.45) is 0 Å². The molecule has 3 heterocycles. The van der Waals surface area contributed by atoms with Gasteiger partial charge in [-0.15, -0.1) is 0 Å². The number of piperazine rings is 1. The van der Waals surface area contributed by atoms with Crippen molar-refractivity contribution in [3.05, 3.63) is 42.1 Å². The van der Waals surface area contributed by atoms with Gasteiger partial charge in [0.1, 0.15) is 11.4 Å². The molecule has 40 heavy (non-hydrogen) atoms. The molecule has 0 radical (unpaired) electrons. The minimum atomic E-state index is -0.516. The van der Waals surface area contributed by atoms with Gasteiger partial charge in [-0.1, -0.05) is 6.07 Å². The van der Waals surface area contributed by atoms with Crippen LogP contribution in [0.2, 0.25) is 0 Å². The summed E-state index contributed by atoms with van der Waals surface area (Å²) < 4.78 is 10.8. The van der Waals surface area contributed by atoms with Gasteiger partial charge in [0.25, 0.3) is 0 Å². The van der Waals surface area contributed by atoms with Crippen LogP contribution >= 0.6 is 0 Å². The van der Waals surface area contributed by atoms with E-state index < -0.39 is 11.7 Å². The van der Waals surface area contributed by atoms with E-state index in [-0.39, 0.29) is 30.2 Å². The Kier molecular flexibility index (Phi) is 8.56. The van der Waals surface area contributed by atoms with Crippen LogP contribution in [0, 0.1) is 0 Å². The minimum absolute atomic E-state index is 0.0394. The number of rotatable bonds is 4. The molecule has 1 aromatic carbocycles. The minimum Gasteiger partial charge on any atom is -0.447 e. The molecule has 4 rings (SSSR count). The van der Waals surface area contributed by atoms with Gasteiger partial charge in [-0.2, -0.15) is 0 Å². The number of hydrogen-bond donors (Lipinski definition) is 1. The molecular weight excluding hydrogens is 510 g/mol. The fraction of sp³-hybridized carbons (Fsp3) is 0.533. The molecule has 0 aliphatic carbocycles. The molecule has 1 N–H and O–H groups in total. The first-order chi connectivity index (χ1) is 18.8. The van der Waals surface area contributed by atoms with E-state index in [0.717, 1.165) is 28.2 Å². The molecule has 10 nitrogen and oxygen atoms in total. The van der Waals surface area contributed by atoms with Crippen LogP contribution in [0.5, 0.6) is 0 Å². The van der Waals surface area contributed by atoms with Crippen molar-refractivity contribution >= 4 is 29.6 Å². The molecule has 3 amide bonds. The summed E-state index contributed by atoms with van der Waals surface area (Å²) in [6.45, 7) is 15.2. The number of ether oxygens (including phenoxy) is 2. The van der Waals surface area contributed by atoms with Crippen LogP contribution in [-0.4, -0.2) is 71.9 Å². The summed E-state index contributed by atoms with van der Waals surface area (Å²) in [5.74, 6) is 0.806. The number of pyridine rings is 1. The Hall–Kier alpha value is -3.82. The number of nitrogens with zero attached hydrogens (tertiary/aromatic N) is 4. The van der Waals surface area contributed by atoms with Gasteiger partial charge in [0, 0.05) is 56.6 Å². The molecule has 2 aromatic rings. The third-order valence-electron chi connectivity index (χ3n) is 6.99. The Balaban J connectivity index is 1.51. The molecule has 2 aliphatic heterocycles. The Bertz CT molecular complexity index is 1230. The molecule has 0 bridgehead atoms. The summed E-state index contributed by atoms with van der Waals surface area (Å²) in [6, 6.07) is 9.58. The van der Waals surface area contributed by atoms with E-state index in [1.807, 2.05) is 78.1 Å². The lowest BCUT2D eigenvalue weighted by atomic mass is 9.89. The van der Waals surface area contributed by atoms with Crippen molar-refractivity contribution in [3.8, 4) is 11.1 Å². The lowest BCUT2D eigenvalue weighted by Gasteiger charge is -2.39. The maximum Gasteiger partial charge on any atom is 0.410 e. The van der Waals surface area contributed by atoms with Gasteiger partial charge >= 0.3 is 12.2 Å². The number of benzene rings is 1. The Morgan fingerprint density at radius 3 is 2.27 bits per heavy atom. The third kappa shape index (κ3) is 6.84. The van der Waals surface area contributed by atoms with Gasteiger partial charge in [-0.25, -0.2) is 14.6 Å². The number of fused-ring (bicyclic) bond motifs is 1. The molecule has 1 fully saturated rings. The van der Waals surface area contributed by atoms with Crippen LogP contribution in [-0.2, 0) is 14.3 Å². The quantitative estimate of drug-likeness (QED) is 0.562. The molecule has 0 spiro atoms. The maximum atomic E-state index is 12.5. The van der Waals surface area contributed by atoms with Gasteiger partial charge < -0.3 is 29.5 Å². The molecule has 1 unspecified atom stereocenters. The molecule has 1 aromatic heterocycles. The Morgan fingerprint density at radius 1 is 1.02 bits per heavy atom. The van der Waals surface area contributed by atoms with E-state index in [9.17, 15) is 14.4 Å². The number of amides is 3. The second-order valence-electron chi connectivity index (χ2n) is 11.8. The second kappa shape index (κ2) is 11.7. The third-order valence-corrected chi connectivity index (χ3v) is 6.99. The highest BCUT2D eigenvalue weighted by atomic mass is 16.6. The normalized spacial score (nSPS) is 19.2. The predicted molar refractivity (Wildman–Crippen MR) is 154 cm³/mol. The first kappa shape index (κ1) is 29.2. The van der Waals surface area contributed by atoms with E-state index >= 15 is 0 Å². The van der Waals surface area contributed by atoms with Gasteiger partial charge in [0.15, 0.2) is 0 Å². The highest BCUT2D eigenvalue weighted by Gasteiger charge is 2.34. The van der Waals surface area contributed by atoms with Gasteiger partial charge in [0.05, 0.1) is 12.1 Å². The van der Waals surface area contributed by atoms with Gasteiger partial charge in [-0.3, -0.25) is 4.79 Å². The summed E-state index contributed by atoms with van der Waals surface area (Å²) in [5, 5.41) is 2.99. The molecular formula is C30H41N5O5. The van der Waals surface area contributed by atoms with Crippen molar-refractivity contribution < 1.29 is 23.9 Å². The zero-order valence-corrected chi connectivity index (χ0v) is 24.6. The molecule has 2 atom stereocenters. The lowest BCUT2D eigenvalue weighted by Crippen LogP contribution is -2.50. The van der Waals surface area contributed by atoms with Crippen molar-refractivity contribution in [2.45, 2.75) is 78.7 Å². The molecule has 0 saturated carbocycles. The summed E-state index contributed by atoms with van der Waals surface area (Å²) in [5.41, 5.74) is 3.01. The van der Waals surface area contributed by atoms with Crippen molar-refractivity contribution in [3.63, 3.8) is 0 Å². The van der Waals surface area contributed by atoms with E-state index in [1.54, 1.807) is 16.7 Å². The molecule has 10 heteroatoms. The smallest absolute Gasteiger partial charge is 0.410 e. The topological polar surface area (TPSA) is 104 Å². The first-order valence-electron chi connectivity index (χ1n) is 13.9. The Morgan fingerprint density at radius 2 is 1.70 bits per heavy atom. The van der Waals surface area contributed by atoms with E-state index in [1.165, 1.54) is 0 Å². The van der Waals surface area contributed by atoms with Crippen LogP contribution in [0.1, 0.15) is 66.5 Å². The van der Waals surface area contributed by atoms with Crippen LogP contribution in [0.25, 0.3) is 11.1 Å². The largest absolute Gasteiger partial charge is 0.447 e. The number of aromatic nitrogens is 1. The fourth-order valence-corrected chi connectivity index (χ4v) is 5.24. The van der Waals surface area contributed by atoms with Gasteiger partial charge in [-0.05, 0) is 83.4 Å². The number of carbonyl (C=O) groups is 3. The number of carbonyl (C=O) groups excluding carboxylic acids is 3. The average molecular weight is 552 g/mol.